The van der Waals surface area contributed by atoms with Crippen molar-refractivity contribution in [1.82, 2.24) is 9.55 Å². The summed E-state index contributed by atoms with van der Waals surface area (Å²) >= 11 is 1.90. The van der Waals surface area contributed by atoms with Gasteiger partial charge in [-0.2, -0.15) is 0 Å². The van der Waals surface area contributed by atoms with Crippen molar-refractivity contribution in [2.75, 3.05) is 0 Å². The van der Waals surface area contributed by atoms with E-state index in [0.717, 1.165) is 29.4 Å². The monoisotopic (exact) mass is 708 g/mol. The Labute approximate surface area is 317 Å². The van der Waals surface area contributed by atoms with E-state index in [9.17, 15) is 0 Å². The molecule has 0 bridgehead atoms. The van der Waals surface area contributed by atoms with Crippen LogP contribution in [0.1, 0.15) is 12.8 Å². The molecule has 2 nitrogen and oxygen atoms in total. The topological polar surface area (TPSA) is 17.8 Å². The lowest BCUT2D eigenvalue weighted by molar-refractivity contribution is 0.543. The van der Waals surface area contributed by atoms with E-state index >= 15 is 0 Å². The van der Waals surface area contributed by atoms with Gasteiger partial charge in [-0.25, -0.2) is 4.98 Å². The molecule has 6 aromatic carbocycles. The van der Waals surface area contributed by atoms with Crippen molar-refractivity contribution in [2.24, 2.45) is 11.8 Å². The molecule has 0 saturated heterocycles. The van der Waals surface area contributed by atoms with Gasteiger partial charge in [0.1, 0.15) is 0 Å². The van der Waals surface area contributed by atoms with Crippen molar-refractivity contribution >= 4 is 66.7 Å². The number of hydrogen-bond donors (Lipinski definition) is 0. The van der Waals surface area contributed by atoms with Gasteiger partial charge >= 0.3 is 0 Å². The molecule has 2 atom stereocenters. The predicted octanol–water partition coefficient (Wildman–Crippen LogP) is 10.3. The highest BCUT2D eigenvalue weighted by molar-refractivity contribution is 7.26. The van der Waals surface area contributed by atoms with Crippen LogP contribution >= 0.6 is 11.3 Å². The molecule has 3 aromatic heterocycles. The van der Waals surface area contributed by atoms with Gasteiger partial charge in [-0.05, 0) is 77.3 Å². The van der Waals surface area contributed by atoms with E-state index in [0.29, 0.717) is 11.8 Å². The van der Waals surface area contributed by atoms with Crippen LogP contribution in [0.4, 0.5) is 0 Å². The summed E-state index contributed by atoms with van der Waals surface area (Å²) < 4.78 is 5.17. The van der Waals surface area contributed by atoms with Crippen LogP contribution in [-0.4, -0.2) is 9.55 Å². The average molecular weight is 709 g/mol. The second-order valence-electron chi connectivity index (χ2n) is 14.6. The van der Waals surface area contributed by atoms with Gasteiger partial charge in [-0.1, -0.05) is 152 Å². The highest BCUT2D eigenvalue weighted by Gasteiger charge is 2.24. The number of aromatic nitrogens is 2. The lowest BCUT2D eigenvalue weighted by atomic mass is 9.81. The first kappa shape index (κ1) is 31.3. The first-order chi connectivity index (χ1) is 26.8. The van der Waals surface area contributed by atoms with E-state index in [1.807, 2.05) is 11.3 Å². The van der Waals surface area contributed by atoms with Crippen LogP contribution in [0.3, 0.4) is 0 Å². The normalized spacial score (nSPS) is 16.2. The highest BCUT2D eigenvalue weighted by Crippen LogP contribution is 2.40. The number of rotatable bonds is 5. The Kier molecular flexibility index (Phi) is 7.34. The zero-order chi connectivity index (χ0) is 35.6. The first-order valence-corrected chi connectivity index (χ1v) is 19.7. The van der Waals surface area contributed by atoms with Crippen LogP contribution in [0.15, 0.2) is 158 Å². The summed E-state index contributed by atoms with van der Waals surface area (Å²) in [5, 5.41) is 8.96. The Morgan fingerprint density at radius 3 is 2.02 bits per heavy atom. The van der Waals surface area contributed by atoms with Crippen LogP contribution in [0, 0.1) is 11.8 Å². The number of thiophene rings is 1. The summed E-state index contributed by atoms with van der Waals surface area (Å²) in [6.45, 7) is 0. The average Bonchev–Trinajstić information content (AvgIpc) is 3.79. The van der Waals surface area contributed by atoms with Crippen molar-refractivity contribution in [2.45, 2.75) is 12.8 Å². The second kappa shape index (κ2) is 12.7. The van der Waals surface area contributed by atoms with Gasteiger partial charge in [0.15, 0.2) is 0 Å². The maximum Gasteiger partial charge on any atom is 0.0715 e. The lowest BCUT2D eigenvalue weighted by Crippen LogP contribution is -2.37. The van der Waals surface area contributed by atoms with Crippen molar-refractivity contribution < 1.29 is 0 Å². The molecular weight excluding hydrogens is 673 g/mol. The third-order valence-electron chi connectivity index (χ3n) is 11.5. The molecular formula is C51H36N2S. The number of nitrogens with zero attached hydrogens (tertiary/aromatic N) is 2. The van der Waals surface area contributed by atoms with Crippen molar-refractivity contribution in [3.63, 3.8) is 0 Å². The molecule has 0 N–H and O–H groups in total. The largest absolute Gasteiger partial charge is 0.310 e. The summed E-state index contributed by atoms with van der Waals surface area (Å²) in [6.07, 6.45) is 12.0. The van der Waals surface area contributed by atoms with Gasteiger partial charge in [-0.15, -0.1) is 11.3 Å². The number of benzene rings is 6. The van der Waals surface area contributed by atoms with Crippen molar-refractivity contribution in [3.8, 4) is 39.2 Å². The molecule has 2 aliphatic carbocycles. The molecule has 0 spiro atoms. The molecule has 3 heteroatoms. The number of fused-ring (bicyclic) bond motifs is 7. The lowest BCUT2D eigenvalue weighted by Gasteiger charge is -2.24. The number of pyridine rings is 1. The first-order valence-electron chi connectivity index (χ1n) is 18.9. The molecule has 0 fully saturated rings. The zero-order valence-corrected chi connectivity index (χ0v) is 30.5. The van der Waals surface area contributed by atoms with E-state index in [1.165, 1.54) is 74.8 Å². The van der Waals surface area contributed by atoms with Gasteiger partial charge in [0.05, 0.1) is 16.6 Å². The standard InChI is InChI=1S/C51H36N2S/c1-4-13-33(14-5-1)43-32-47(34-15-6-2-7-16-34)52-46-27-24-35(29-44(43)46)36-25-28-48-45(30-36)40-26-23-37(31-49(40)53(48)38-17-8-3-9-18-38)39-20-12-21-42-41-19-10-11-22-50(41)54-51(39)42/h1-23,26-32,35-36H,24-25H2/t35-,36?/m0/s1. The fourth-order valence-corrected chi connectivity index (χ4v) is 10.1. The van der Waals surface area contributed by atoms with Gasteiger partial charge < -0.3 is 4.57 Å². The summed E-state index contributed by atoms with van der Waals surface area (Å²) in [5.41, 5.74) is 9.66. The SMILES string of the molecule is C1=c2nc(-c3ccccc3)cc(-c3ccccc3)c2=C[C@@H](C2C=c3c(n(-c4ccccc4)c4cc(-c5cccc6c5sc5ccccc56)ccc34)=CC2)C1. The molecule has 0 aliphatic heterocycles. The molecule has 1 unspecified atom stereocenters. The Morgan fingerprint density at radius 2 is 1.20 bits per heavy atom. The summed E-state index contributed by atoms with van der Waals surface area (Å²) in [6, 6.07) is 57.2. The molecule has 0 amide bonds. The predicted molar refractivity (Wildman–Crippen MR) is 229 cm³/mol. The van der Waals surface area contributed by atoms with E-state index in [-0.39, 0.29) is 0 Å². The van der Waals surface area contributed by atoms with Crippen LogP contribution in [0.2, 0.25) is 0 Å². The Hall–Kier alpha value is -6.29. The molecule has 2 aliphatic rings. The molecule has 11 rings (SSSR count). The number of hydrogen-bond acceptors (Lipinski definition) is 2. The molecule has 54 heavy (non-hydrogen) atoms. The van der Waals surface area contributed by atoms with Gasteiger partial charge in [0.2, 0.25) is 0 Å². The van der Waals surface area contributed by atoms with Crippen LogP contribution in [-0.2, 0) is 0 Å². The molecule has 0 radical (unpaired) electrons. The van der Waals surface area contributed by atoms with Gasteiger partial charge in [0, 0.05) is 52.6 Å². The second-order valence-corrected chi connectivity index (χ2v) is 15.7. The minimum Gasteiger partial charge on any atom is -0.310 e. The highest BCUT2D eigenvalue weighted by atomic mass is 32.1. The number of para-hydroxylation sites is 1. The van der Waals surface area contributed by atoms with Gasteiger partial charge in [0.25, 0.3) is 0 Å². The molecule has 3 heterocycles. The van der Waals surface area contributed by atoms with Crippen LogP contribution in [0.25, 0.3) is 94.6 Å². The minimum atomic E-state index is 0.369. The summed E-state index contributed by atoms with van der Waals surface area (Å²) in [7, 11) is 0. The Bertz CT molecular complexity index is 3160. The van der Waals surface area contributed by atoms with E-state index < -0.39 is 0 Å². The minimum absolute atomic E-state index is 0.369. The Morgan fingerprint density at radius 1 is 0.519 bits per heavy atom. The summed E-state index contributed by atoms with van der Waals surface area (Å²) in [5.74, 6) is 0.745. The molecule has 256 valence electrons. The third-order valence-corrected chi connectivity index (χ3v) is 12.7. The van der Waals surface area contributed by atoms with Gasteiger partial charge in [-0.3, -0.25) is 0 Å². The van der Waals surface area contributed by atoms with E-state index in [2.05, 4.69) is 187 Å². The molecule has 0 saturated carbocycles. The maximum atomic E-state index is 5.22. The van der Waals surface area contributed by atoms with Crippen LogP contribution in [0.5, 0.6) is 0 Å². The summed E-state index contributed by atoms with van der Waals surface area (Å²) in [4.78, 5) is 5.22. The molecule has 9 aromatic rings. The van der Waals surface area contributed by atoms with E-state index in [1.54, 1.807) is 0 Å². The zero-order valence-electron chi connectivity index (χ0n) is 29.7. The smallest absolute Gasteiger partial charge is 0.0715 e. The van der Waals surface area contributed by atoms with Crippen LogP contribution < -0.4 is 21.1 Å². The third kappa shape index (κ3) is 5.11. The quantitative estimate of drug-likeness (QED) is 0.174. The Balaban J connectivity index is 1.07. The van der Waals surface area contributed by atoms with E-state index in [4.69, 9.17) is 4.98 Å². The van der Waals surface area contributed by atoms with Crippen molar-refractivity contribution in [1.29, 1.82) is 0 Å². The van der Waals surface area contributed by atoms with Crippen molar-refractivity contribution in [3.05, 3.63) is 179 Å². The maximum absolute atomic E-state index is 5.22. The fourth-order valence-electron chi connectivity index (χ4n) is 8.88. The fraction of sp³-hybridized carbons (Fsp3) is 0.0784.